The minimum atomic E-state index is 0.904. The van der Waals surface area contributed by atoms with E-state index in [4.69, 9.17) is 0 Å². The van der Waals surface area contributed by atoms with Crippen LogP contribution in [0, 0.1) is 0 Å². The SMILES string of the molecule is CCCN1CCN(Cc2ccc(-c3ccc(N4CCCC4)cc3)nn2)CC1. The fourth-order valence-corrected chi connectivity index (χ4v) is 4.13. The highest BCUT2D eigenvalue weighted by molar-refractivity contribution is 5.63. The molecule has 3 heterocycles. The molecule has 4 rings (SSSR count). The fraction of sp³-hybridized carbons (Fsp3) is 0.545. The second-order valence-corrected chi connectivity index (χ2v) is 7.77. The van der Waals surface area contributed by atoms with Crippen molar-refractivity contribution < 1.29 is 0 Å². The first kappa shape index (κ1) is 18.4. The third-order valence-corrected chi connectivity index (χ3v) is 5.74. The molecule has 5 heteroatoms. The van der Waals surface area contributed by atoms with E-state index in [-0.39, 0.29) is 0 Å². The molecule has 0 amide bonds. The molecule has 0 saturated carbocycles. The van der Waals surface area contributed by atoms with Crippen LogP contribution in [0.5, 0.6) is 0 Å². The summed E-state index contributed by atoms with van der Waals surface area (Å²) in [4.78, 5) is 7.50. The Morgan fingerprint density at radius 1 is 0.778 bits per heavy atom. The zero-order valence-electron chi connectivity index (χ0n) is 16.5. The Morgan fingerprint density at radius 2 is 1.48 bits per heavy atom. The van der Waals surface area contributed by atoms with Crippen molar-refractivity contribution in [2.24, 2.45) is 0 Å². The molecule has 0 bridgehead atoms. The van der Waals surface area contributed by atoms with Crippen molar-refractivity contribution >= 4 is 5.69 Å². The van der Waals surface area contributed by atoms with Gasteiger partial charge in [-0.1, -0.05) is 19.1 Å². The van der Waals surface area contributed by atoms with Gasteiger partial charge in [0.15, 0.2) is 0 Å². The molecule has 2 aliphatic heterocycles. The maximum absolute atomic E-state index is 4.49. The molecule has 1 aromatic heterocycles. The highest BCUT2D eigenvalue weighted by Crippen LogP contribution is 2.24. The van der Waals surface area contributed by atoms with Gasteiger partial charge in [0.2, 0.25) is 0 Å². The number of benzene rings is 1. The lowest BCUT2D eigenvalue weighted by Gasteiger charge is -2.34. The van der Waals surface area contributed by atoms with E-state index in [0.717, 1.165) is 36.6 Å². The molecule has 2 aromatic rings. The number of aromatic nitrogens is 2. The van der Waals surface area contributed by atoms with Gasteiger partial charge in [0.1, 0.15) is 0 Å². The van der Waals surface area contributed by atoms with Crippen LogP contribution in [0.15, 0.2) is 36.4 Å². The summed E-state index contributed by atoms with van der Waals surface area (Å²) >= 11 is 0. The number of anilines is 1. The summed E-state index contributed by atoms with van der Waals surface area (Å²) in [5.41, 5.74) is 4.49. The van der Waals surface area contributed by atoms with Crippen molar-refractivity contribution in [3.63, 3.8) is 0 Å². The molecule has 0 spiro atoms. The van der Waals surface area contributed by atoms with Crippen molar-refractivity contribution in [2.45, 2.75) is 32.7 Å². The summed E-state index contributed by atoms with van der Waals surface area (Å²) in [5, 5.41) is 8.97. The van der Waals surface area contributed by atoms with Gasteiger partial charge in [0, 0.05) is 57.1 Å². The van der Waals surface area contributed by atoms with Crippen LogP contribution in [0.2, 0.25) is 0 Å². The maximum atomic E-state index is 4.49. The first-order valence-electron chi connectivity index (χ1n) is 10.4. The van der Waals surface area contributed by atoms with Gasteiger partial charge in [0.05, 0.1) is 11.4 Å². The number of hydrogen-bond donors (Lipinski definition) is 0. The van der Waals surface area contributed by atoms with Crippen LogP contribution in [0.3, 0.4) is 0 Å². The molecule has 2 fully saturated rings. The largest absolute Gasteiger partial charge is 0.372 e. The van der Waals surface area contributed by atoms with E-state index in [1.165, 1.54) is 57.7 Å². The molecule has 1 aromatic carbocycles. The van der Waals surface area contributed by atoms with Crippen LogP contribution in [-0.2, 0) is 6.54 Å². The summed E-state index contributed by atoms with van der Waals surface area (Å²) in [6, 6.07) is 13.0. The summed E-state index contributed by atoms with van der Waals surface area (Å²) < 4.78 is 0. The monoisotopic (exact) mass is 365 g/mol. The standard InChI is InChI=1S/C22H31N5/c1-2-11-25-14-16-26(17-15-25)18-20-7-10-22(24-23-20)19-5-8-21(9-6-19)27-12-3-4-13-27/h5-10H,2-4,11-18H2,1H3. The highest BCUT2D eigenvalue weighted by atomic mass is 15.3. The summed E-state index contributed by atoms with van der Waals surface area (Å²) in [6.07, 6.45) is 3.86. The van der Waals surface area contributed by atoms with Crippen molar-refractivity contribution in [3.05, 3.63) is 42.1 Å². The third-order valence-electron chi connectivity index (χ3n) is 5.74. The second kappa shape index (κ2) is 8.81. The first-order valence-corrected chi connectivity index (χ1v) is 10.4. The normalized spacial score (nSPS) is 18.9. The zero-order valence-corrected chi connectivity index (χ0v) is 16.5. The molecule has 0 N–H and O–H groups in total. The van der Waals surface area contributed by atoms with E-state index < -0.39 is 0 Å². The Bertz CT molecular complexity index is 698. The van der Waals surface area contributed by atoms with Gasteiger partial charge in [-0.3, -0.25) is 4.90 Å². The summed E-state index contributed by atoms with van der Waals surface area (Å²) in [7, 11) is 0. The zero-order chi connectivity index (χ0) is 18.5. The van der Waals surface area contributed by atoms with Gasteiger partial charge in [-0.2, -0.15) is 10.2 Å². The molecule has 0 atom stereocenters. The third kappa shape index (κ3) is 4.66. The average Bonchev–Trinajstić information content (AvgIpc) is 3.25. The Balaban J connectivity index is 1.33. The van der Waals surface area contributed by atoms with Crippen molar-refractivity contribution in [3.8, 4) is 11.3 Å². The van der Waals surface area contributed by atoms with E-state index in [1.54, 1.807) is 0 Å². The van der Waals surface area contributed by atoms with Crippen LogP contribution in [0.1, 0.15) is 31.9 Å². The molecule has 2 aliphatic rings. The number of nitrogens with zero attached hydrogens (tertiary/aromatic N) is 5. The van der Waals surface area contributed by atoms with Crippen LogP contribution in [0.4, 0.5) is 5.69 Å². The predicted octanol–water partition coefficient (Wildman–Crippen LogP) is 3.27. The minimum Gasteiger partial charge on any atom is -0.372 e. The highest BCUT2D eigenvalue weighted by Gasteiger charge is 2.17. The molecular weight excluding hydrogens is 334 g/mol. The number of rotatable bonds is 6. The molecular formula is C22H31N5. The van der Waals surface area contributed by atoms with E-state index in [2.05, 4.69) is 68.2 Å². The molecule has 0 aliphatic carbocycles. The molecule has 5 nitrogen and oxygen atoms in total. The number of piperazine rings is 1. The Morgan fingerprint density at radius 3 is 2.11 bits per heavy atom. The Hall–Kier alpha value is -1.98. The van der Waals surface area contributed by atoms with E-state index in [0.29, 0.717) is 0 Å². The van der Waals surface area contributed by atoms with Crippen LogP contribution in [0.25, 0.3) is 11.3 Å². The van der Waals surface area contributed by atoms with E-state index >= 15 is 0 Å². The average molecular weight is 366 g/mol. The van der Waals surface area contributed by atoms with Crippen LogP contribution in [-0.4, -0.2) is 65.8 Å². The van der Waals surface area contributed by atoms with Gasteiger partial charge in [-0.25, -0.2) is 0 Å². The first-order chi connectivity index (χ1) is 13.3. The predicted molar refractivity (Wildman–Crippen MR) is 111 cm³/mol. The summed E-state index contributed by atoms with van der Waals surface area (Å²) in [6.45, 7) is 11.3. The minimum absolute atomic E-state index is 0.904. The molecule has 0 radical (unpaired) electrons. The second-order valence-electron chi connectivity index (χ2n) is 7.77. The topological polar surface area (TPSA) is 35.5 Å². The van der Waals surface area contributed by atoms with Crippen LogP contribution < -0.4 is 4.90 Å². The van der Waals surface area contributed by atoms with Crippen molar-refractivity contribution in [1.29, 1.82) is 0 Å². The quantitative estimate of drug-likeness (QED) is 0.785. The maximum Gasteiger partial charge on any atom is 0.0929 e. The van der Waals surface area contributed by atoms with E-state index in [1.807, 2.05) is 0 Å². The lowest BCUT2D eigenvalue weighted by molar-refractivity contribution is 0.126. The molecule has 2 saturated heterocycles. The lowest BCUT2D eigenvalue weighted by atomic mass is 10.1. The van der Waals surface area contributed by atoms with Gasteiger partial charge in [-0.05, 0) is 50.1 Å². The van der Waals surface area contributed by atoms with Crippen molar-refractivity contribution in [2.75, 3.05) is 50.7 Å². The molecule has 144 valence electrons. The molecule has 27 heavy (non-hydrogen) atoms. The number of hydrogen-bond acceptors (Lipinski definition) is 5. The van der Waals surface area contributed by atoms with Gasteiger partial charge < -0.3 is 9.80 Å². The van der Waals surface area contributed by atoms with Gasteiger partial charge in [0.25, 0.3) is 0 Å². The fourth-order valence-electron chi connectivity index (χ4n) is 4.13. The lowest BCUT2D eigenvalue weighted by Crippen LogP contribution is -2.46. The van der Waals surface area contributed by atoms with E-state index in [9.17, 15) is 0 Å². The Labute approximate surface area is 163 Å². The van der Waals surface area contributed by atoms with Gasteiger partial charge in [-0.15, -0.1) is 0 Å². The molecule has 0 unspecified atom stereocenters. The van der Waals surface area contributed by atoms with Crippen LogP contribution >= 0.6 is 0 Å². The Kier molecular flexibility index (Phi) is 6.00. The summed E-state index contributed by atoms with van der Waals surface area (Å²) in [5.74, 6) is 0. The smallest absolute Gasteiger partial charge is 0.0929 e. The van der Waals surface area contributed by atoms with Crippen molar-refractivity contribution in [1.82, 2.24) is 20.0 Å². The van der Waals surface area contributed by atoms with Gasteiger partial charge >= 0.3 is 0 Å².